The second-order valence-corrected chi connectivity index (χ2v) is 7.37. The van der Waals surface area contributed by atoms with Gasteiger partial charge in [0.25, 0.3) is 0 Å². The minimum absolute atomic E-state index is 0.593. The first-order valence-corrected chi connectivity index (χ1v) is 10.1. The highest BCUT2D eigenvalue weighted by atomic mass is 15.5. The highest BCUT2D eigenvalue weighted by molar-refractivity contribution is 5.80. The zero-order valence-corrected chi connectivity index (χ0v) is 16.9. The van der Waals surface area contributed by atoms with Crippen LogP contribution < -0.4 is 0 Å². The van der Waals surface area contributed by atoms with Gasteiger partial charge in [0.15, 0.2) is 5.65 Å². The Balaban J connectivity index is 1.48. The minimum Gasteiger partial charge on any atom is -0.280 e. The van der Waals surface area contributed by atoms with Gasteiger partial charge in [-0.15, -0.1) is 15.3 Å². The van der Waals surface area contributed by atoms with E-state index in [-0.39, 0.29) is 0 Å². The third-order valence-electron chi connectivity index (χ3n) is 5.25. The highest BCUT2D eigenvalue weighted by Crippen LogP contribution is 2.30. The summed E-state index contributed by atoms with van der Waals surface area (Å²) in [7, 11) is 0. The summed E-state index contributed by atoms with van der Waals surface area (Å²) in [5.74, 6) is 1.37. The molecule has 0 unspecified atom stereocenters. The van der Waals surface area contributed by atoms with E-state index in [4.69, 9.17) is 0 Å². The maximum absolute atomic E-state index is 4.62. The first-order valence-electron chi connectivity index (χ1n) is 10.1. The minimum atomic E-state index is 0.593. The summed E-state index contributed by atoms with van der Waals surface area (Å²) in [4.78, 5) is 4.62. The van der Waals surface area contributed by atoms with Gasteiger partial charge in [-0.3, -0.25) is 5.10 Å². The van der Waals surface area contributed by atoms with Gasteiger partial charge in [-0.05, 0) is 35.2 Å². The van der Waals surface area contributed by atoms with Crippen LogP contribution in [0.15, 0.2) is 48.5 Å². The lowest BCUT2D eigenvalue weighted by atomic mass is 9.96. The van der Waals surface area contributed by atoms with Gasteiger partial charge in [-0.1, -0.05) is 61.9 Å². The number of H-pyrrole nitrogens is 2. The maximum Gasteiger partial charge on any atom is 0.205 e. The van der Waals surface area contributed by atoms with Gasteiger partial charge in [0.1, 0.15) is 5.82 Å². The van der Waals surface area contributed by atoms with Crippen molar-refractivity contribution in [3.8, 4) is 22.5 Å². The van der Waals surface area contributed by atoms with Crippen molar-refractivity contribution in [2.75, 3.05) is 0 Å². The summed E-state index contributed by atoms with van der Waals surface area (Å²) in [6, 6.07) is 16.7. The quantitative estimate of drug-likeness (QED) is 0.454. The highest BCUT2D eigenvalue weighted by Gasteiger charge is 2.16. The Morgan fingerprint density at radius 1 is 1.00 bits per heavy atom. The largest absolute Gasteiger partial charge is 0.280 e. The van der Waals surface area contributed by atoms with Gasteiger partial charge in [-0.25, -0.2) is 4.98 Å². The van der Waals surface area contributed by atoms with Gasteiger partial charge in [-0.2, -0.15) is 9.84 Å². The molecule has 0 radical (unpaired) electrons. The van der Waals surface area contributed by atoms with Crippen LogP contribution in [0.3, 0.4) is 0 Å². The first-order chi connectivity index (χ1) is 14.7. The summed E-state index contributed by atoms with van der Waals surface area (Å²) in [5.41, 5.74) is 7.73. The topological polar surface area (TPSA) is 100 Å². The maximum atomic E-state index is 4.62. The molecule has 150 valence electrons. The van der Waals surface area contributed by atoms with E-state index in [0.29, 0.717) is 5.82 Å². The van der Waals surface area contributed by atoms with Crippen molar-refractivity contribution in [3.05, 3.63) is 71.2 Å². The van der Waals surface area contributed by atoms with Gasteiger partial charge in [0.05, 0.1) is 0 Å². The molecule has 8 heteroatoms. The summed E-state index contributed by atoms with van der Waals surface area (Å²) >= 11 is 0. The van der Waals surface area contributed by atoms with Crippen molar-refractivity contribution >= 4 is 5.65 Å². The van der Waals surface area contributed by atoms with E-state index in [1.165, 1.54) is 16.8 Å². The Labute approximate surface area is 173 Å². The fraction of sp³-hybridized carbons (Fsp3) is 0.227. The molecule has 5 aromatic rings. The van der Waals surface area contributed by atoms with E-state index < -0.39 is 0 Å². The summed E-state index contributed by atoms with van der Waals surface area (Å²) in [6.45, 7) is 4.10. The van der Waals surface area contributed by atoms with Crippen LogP contribution in [0, 0.1) is 6.92 Å². The van der Waals surface area contributed by atoms with Gasteiger partial charge in [0.2, 0.25) is 5.82 Å². The molecule has 0 saturated carbocycles. The van der Waals surface area contributed by atoms with Gasteiger partial charge < -0.3 is 0 Å². The van der Waals surface area contributed by atoms with Crippen LogP contribution in [0.2, 0.25) is 0 Å². The number of hydrogen-bond donors (Lipinski definition) is 2. The molecule has 0 saturated heterocycles. The predicted molar refractivity (Wildman–Crippen MR) is 114 cm³/mol. The molecule has 0 atom stereocenters. The van der Waals surface area contributed by atoms with Gasteiger partial charge >= 0.3 is 0 Å². The van der Waals surface area contributed by atoms with E-state index in [1.54, 1.807) is 4.63 Å². The number of aryl methyl sites for hydroxylation is 2. The Morgan fingerprint density at radius 2 is 1.80 bits per heavy atom. The molecule has 0 aliphatic carbocycles. The Bertz CT molecular complexity index is 1280. The number of aromatic amines is 2. The second-order valence-electron chi connectivity index (χ2n) is 7.37. The third-order valence-corrected chi connectivity index (χ3v) is 5.25. The number of nitrogens with zero attached hydrogens (tertiary/aromatic N) is 6. The number of nitrogens with one attached hydrogen (secondary N) is 2. The van der Waals surface area contributed by atoms with Crippen LogP contribution in [-0.2, 0) is 12.8 Å². The van der Waals surface area contributed by atoms with Crippen molar-refractivity contribution in [1.82, 2.24) is 40.4 Å². The average molecular weight is 398 g/mol. The monoisotopic (exact) mass is 398 g/mol. The van der Waals surface area contributed by atoms with Crippen molar-refractivity contribution in [3.63, 3.8) is 0 Å². The van der Waals surface area contributed by atoms with Gasteiger partial charge in [0, 0.05) is 23.2 Å². The molecule has 30 heavy (non-hydrogen) atoms. The Hall–Kier alpha value is -3.81. The van der Waals surface area contributed by atoms with Crippen LogP contribution in [0.4, 0.5) is 0 Å². The SMILES string of the molecule is CCCc1[nH]n2nc(C)nc2c1Cc1ccc(-c2ccccc2-c2nn[nH]n2)cc1. The number of rotatable bonds is 6. The Morgan fingerprint density at radius 3 is 2.53 bits per heavy atom. The molecule has 0 aliphatic rings. The predicted octanol–water partition coefficient (Wildman–Crippen LogP) is 3.76. The molecule has 3 aromatic heterocycles. The lowest BCUT2D eigenvalue weighted by molar-refractivity contribution is 0.760. The molecule has 2 aromatic carbocycles. The third kappa shape index (κ3) is 3.26. The number of benzene rings is 2. The van der Waals surface area contributed by atoms with Crippen molar-refractivity contribution in [1.29, 1.82) is 0 Å². The molecule has 2 N–H and O–H groups in total. The molecule has 5 rings (SSSR count). The zero-order chi connectivity index (χ0) is 20.5. The molecule has 3 heterocycles. The first kappa shape index (κ1) is 18.2. The lowest BCUT2D eigenvalue weighted by Crippen LogP contribution is -1.95. The molecule has 8 nitrogen and oxygen atoms in total. The summed E-state index contributed by atoms with van der Waals surface area (Å²) < 4.78 is 1.80. The molecule has 0 fully saturated rings. The summed E-state index contributed by atoms with van der Waals surface area (Å²) in [6.07, 6.45) is 2.87. The van der Waals surface area contributed by atoms with Crippen molar-refractivity contribution < 1.29 is 0 Å². The number of hydrogen-bond acceptors (Lipinski definition) is 5. The number of aromatic nitrogens is 8. The fourth-order valence-electron chi connectivity index (χ4n) is 3.87. The molecule has 0 amide bonds. The van der Waals surface area contributed by atoms with E-state index in [1.807, 2.05) is 25.1 Å². The standard InChI is InChI=1S/C22H22N8/c1-3-6-20-19(22-23-14(2)26-30(22)27-20)13-15-9-11-16(12-10-15)17-7-4-5-8-18(17)21-24-28-29-25-21/h4-5,7-12,27H,3,6,13H2,1-2H3,(H,24,25,28,29). The second kappa shape index (κ2) is 7.55. The smallest absolute Gasteiger partial charge is 0.205 e. The Kier molecular flexibility index (Phi) is 4.59. The van der Waals surface area contributed by atoms with Crippen molar-refractivity contribution in [2.24, 2.45) is 0 Å². The summed E-state index contributed by atoms with van der Waals surface area (Å²) in [5, 5.41) is 22.3. The van der Waals surface area contributed by atoms with E-state index >= 15 is 0 Å². The van der Waals surface area contributed by atoms with E-state index in [2.05, 4.69) is 73.1 Å². The normalized spacial score (nSPS) is 11.4. The average Bonchev–Trinajstić information content (AvgIpc) is 3.48. The van der Waals surface area contributed by atoms with Crippen LogP contribution in [-0.4, -0.2) is 40.4 Å². The molecule has 0 spiro atoms. The molecule has 0 bridgehead atoms. The molecular formula is C22H22N8. The van der Waals surface area contributed by atoms with Crippen LogP contribution >= 0.6 is 0 Å². The number of fused-ring (bicyclic) bond motifs is 1. The molecular weight excluding hydrogens is 376 g/mol. The lowest BCUT2D eigenvalue weighted by Gasteiger charge is -2.08. The molecule has 0 aliphatic heterocycles. The number of tetrazole rings is 1. The van der Waals surface area contributed by atoms with E-state index in [0.717, 1.165) is 47.4 Å². The fourth-order valence-corrected chi connectivity index (χ4v) is 3.87. The van der Waals surface area contributed by atoms with Crippen LogP contribution in [0.5, 0.6) is 0 Å². The zero-order valence-electron chi connectivity index (χ0n) is 16.9. The van der Waals surface area contributed by atoms with Crippen molar-refractivity contribution in [2.45, 2.75) is 33.1 Å². The van der Waals surface area contributed by atoms with Crippen LogP contribution in [0.1, 0.15) is 36.0 Å². The van der Waals surface area contributed by atoms with E-state index in [9.17, 15) is 0 Å². The van der Waals surface area contributed by atoms with Crippen LogP contribution in [0.25, 0.3) is 28.2 Å².